The normalized spacial score (nSPS) is 11.6. The van der Waals surface area contributed by atoms with Crippen LogP contribution in [-0.2, 0) is 14.8 Å². The maximum Gasteiger partial charge on any atom is 0.243 e. The van der Waals surface area contributed by atoms with E-state index in [0.717, 1.165) is 0 Å². The first-order chi connectivity index (χ1) is 18.7. The zero-order valence-electron chi connectivity index (χ0n) is 21.6. The van der Waals surface area contributed by atoms with Crippen molar-refractivity contribution in [2.75, 3.05) is 31.3 Å². The summed E-state index contributed by atoms with van der Waals surface area (Å²) in [5.74, 6) is -1.06. The fraction of sp³-hybridized carbons (Fsp3) is 0.222. The number of fused-ring (bicyclic) bond motifs is 1. The van der Waals surface area contributed by atoms with Crippen LogP contribution in [-0.4, -0.2) is 60.1 Å². The highest BCUT2D eigenvalue weighted by Crippen LogP contribution is 2.34. The van der Waals surface area contributed by atoms with Gasteiger partial charge in [-0.05, 0) is 48.0 Å². The van der Waals surface area contributed by atoms with Crippen molar-refractivity contribution in [3.05, 3.63) is 72.3 Å². The molecule has 1 amide bonds. The molecule has 39 heavy (non-hydrogen) atoms. The van der Waals surface area contributed by atoms with Gasteiger partial charge in [0.25, 0.3) is 0 Å². The molecule has 0 radical (unpaired) electrons. The van der Waals surface area contributed by atoms with Gasteiger partial charge < -0.3 is 20.0 Å². The van der Waals surface area contributed by atoms with Gasteiger partial charge in [-0.1, -0.05) is 49.9 Å². The molecule has 1 heterocycles. The molecule has 0 aliphatic carbocycles. The van der Waals surface area contributed by atoms with Crippen LogP contribution in [0.2, 0.25) is 0 Å². The Balaban J connectivity index is 1.69. The Morgan fingerprint density at radius 1 is 1.05 bits per heavy atom. The van der Waals surface area contributed by atoms with Crippen molar-refractivity contribution in [2.24, 2.45) is 0 Å². The summed E-state index contributed by atoms with van der Waals surface area (Å²) >= 11 is 1.17. The summed E-state index contributed by atoms with van der Waals surface area (Å²) in [5, 5.41) is 14.1. The lowest BCUT2D eigenvalue weighted by Crippen LogP contribution is -2.30. The van der Waals surface area contributed by atoms with Crippen LogP contribution in [0.3, 0.4) is 0 Å². The number of carbonyl (C=O) groups excluding carboxylic acids is 2. The maximum atomic E-state index is 13.1. The Hall–Kier alpha value is -3.87. The second kappa shape index (κ2) is 11.9. The maximum absolute atomic E-state index is 13.1. The standard InChI is InChI=1S/C27H28N4O6S2/c1-4-30(5-2)39(35,36)20-14-15-22-21(16-20)29-27(31(22)23-8-6-7-9-24(23)37-3)38-17-25(32)28-19-12-10-18(11-13-19)26(33)34/h6-16H,4-5,17H2,1-3H3,(H,28,32)(H,33,34)/p-1. The Bertz CT molecular complexity index is 1610. The van der Waals surface area contributed by atoms with Gasteiger partial charge in [-0.25, -0.2) is 13.4 Å². The highest BCUT2D eigenvalue weighted by molar-refractivity contribution is 7.99. The minimum atomic E-state index is -3.69. The van der Waals surface area contributed by atoms with Gasteiger partial charge in [-0.15, -0.1) is 0 Å². The number of carboxylic acid groups (broad SMARTS) is 1. The number of carbonyl (C=O) groups is 2. The van der Waals surface area contributed by atoms with Crippen LogP contribution >= 0.6 is 11.8 Å². The summed E-state index contributed by atoms with van der Waals surface area (Å²) in [7, 11) is -2.14. The van der Waals surface area contributed by atoms with Crippen molar-refractivity contribution < 1.29 is 27.9 Å². The minimum Gasteiger partial charge on any atom is -0.545 e. The number of methoxy groups -OCH3 is 1. The second-order valence-electron chi connectivity index (χ2n) is 8.34. The van der Waals surface area contributed by atoms with Crippen molar-refractivity contribution in [1.82, 2.24) is 13.9 Å². The molecule has 204 valence electrons. The van der Waals surface area contributed by atoms with Crippen molar-refractivity contribution in [1.29, 1.82) is 0 Å². The average molecular weight is 568 g/mol. The minimum absolute atomic E-state index is 0.00862. The van der Waals surface area contributed by atoms with E-state index in [0.29, 0.717) is 46.4 Å². The number of carboxylic acids is 1. The summed E-state index contributed by atoms with van der Waals surface area (Å²) in [6.07, 6.45) is 0. The van der Waals surface area contributed by atoms with Crippen molar-refractivity contribution in [2.45, 2.75) is 23.9 Å². The van der Waals surface area contributed by atoms with Crippen LogP contribution < -0.4 is 15.2 Å². The number of rotatable bonds is 11. The van der Waals surface area contributed by atoms with Gasteiger partial charge in [0.05, 0.1) is 40.4 Å². The third-order valence-electron chi connectivity index (χ3n) is 6.00. The van der Waals surface area contributed by atoms with Gasteiger partial charge in [0.15, 0.2) is 5.16 Å². The first kappa shape index (κ1) is 28.1. The first-order valence-corrected chi connectivity index (χ1v) is 14.5. The molecule has 0 fully saturated rings. The lowest BCUT2D eigenvalue weighted by molar-refractivity contribution is -0.255. The molecule has 0 atom stereocenters. The number of aromatic carboxylic acids is 1. The molecule has 4 rings (SSSR count). The molecule has 0 aliphatic heterocycles. The first-order valence-electron chi connectivity index (χ1n) is 12.1. The molecule has 1 aromatic heterocycles. The van der Waals surface area contributed by atoms with Crippen molar-refractivity contribution >= 4 is 50.4 Å². The van der Waals surface area contributed by atoms with Gasteiger partial charge in [0, 0.05) is 18.8 Å². The van der Waals surface area contributed by atoms with Gasteiger partial charge >= 0.3 is 0 Å². The van der Waals surface area contributed by atoms with E-state index < -0.39 is 16.0 Å². The largest absolute Gasteiger partial charge is 0.545 e. The van der Waals surface area contributed by atoms with E-state index >= 15 is 0 Å². The predicted octanol–water partition coefficient (Wildman–Crippen LogP) is 3.16. The van der Waals surface area contributed by atoms with Crippen LogP contribution in [0.5, 0.6) is 5.75 Å². The highest BCUT2D eigenvalue weighted by Gasteiger charge is 2.24. The fourth-order valence-corrected chi connectivity index (χ4v) is 6.37. The summed E-state index contributed by atoms with van der Waals surface area (Å²) in [6, 6.07) is 17.8. The summed E-state index contributed by atoms with van der Waals surface area (Å²) in [5.41, 5.74) is 2.24. The Kier molecular flexibility index (Phi) is 8.58. The lowest BCUT2D eigenvalue weighted by Gasteiger charge is -2.18. The van der Waals surface area contributed by atoms with Gasteiger partial charge in [-0.3, -0.25) is 9.36 Å². The molecule has 4 aromatic rings. The highest BCUT2D eigenvalue weighted by atomic mass is 32.2. The van der Waals surface area contributed by atoms with Crippen molar-refractivity contribution in [3.8, 4) is 11.4 Å². The van der Waals surface area contributed by atoms with E-state index in [-0.39, 0.29) is 22.1 Å². The third-order valence-corrected chi connectivity index (χ3v) is 8.99. The van der Waals surface area contributed by atoms with Gasteiger partial charge in [0.2, 0.25) is 15.9 Å². The number of anilines is 1. The zero-order chi connectivity index (χ0) is 28.2. The molecule has 3 aromatic carbocycles. The molecule has 0 aliphatic rings. The number of aromatic nitrogens is 2. The molecule has 10 nitrogen and oxygen atoms in total. The Labute approximate surface area is 230 Å². The van der Waals surface area contributed by atoms with E-state index in [9.17, 15) is 23.1 Å². The van der Waals surface area contributed by atoms with Gasteiger partial charge in [0.1, 0.15) is 5.75 Å². The summed E-state index contributed by atoms with van der Waals surface area (Å²) < 4.78 is 35.0. The van der Waals surface area contributed by atoms with E-state index in [1.165, 1.54) is 46.4 Å². The number of imidazole rings is 1. The fourth-order valence-electron chi connectivity index (χ4n) is 4.07. The Morgan fingerprint density at radius 3 is 2.38 bits per heavy atom. The summed E-state index contributed by atoms with van der Waals surface area (Å²) in [6.45, 7) is 4.26. The number of sulfonamides is 1. The van der Waals surface area contributed by atoms with Crippen LogP contribution in [0.1, 0.15) is 24.2 Å². The van der Waals surface area contributed by atoms with E-state index in [2.05, 4.69) is 5.32 Å². The van der Waals surface area contributed by atoms with Crippen LogP contribution in [0.25, 0.3) is 16.7 Å². The number of hydrogen-bond donors (Lipinski definition) is 1. The number of amides is 1. The van der Waals surface area contributed by atoms with Gasteiger partial charge in [-0.2, -0.15) is 4.31 Å². The molecule has 0 unspecified atom stereocenters. The molecule has 0 saturated carbocycles. The lowest BCUT2D eigenvalue weighted by atomic mass is 10.2. The van der Waals surface area contributed by atoms with Crippen LogP contribution in [0.15, 0.2) is 76.8 Å². The number of para-hydroxylation sites is 2. The number of ether oxygens (including phenoxy) is 1. The number of nitrogens with one attached hydrogen (secondary N) is 1. The molecule has 0 bridgehead atoms. The monoisotopic (exact) mass is 567 g/mol. The number of benzene rings is 3. The van der Waals surface area contributed by atoms with E-state index in [1.54, 1.807) is 39.2 Å². The van der Waals surface area contributed by atoms with Crippen LogP contribution in [0.4, 0.5) is 5.69 Å². The molecular weight excluding hydrogens is 540 g/mol. The Morgan fingerprint density at radius 2 is 1.74 bits per heavy atom. The topological polar surface area (TPSA) is 134 Å². The molecule has 0 saturated heterocycles. The van der Waals surface area contributed by atoms with E-state index in [4.69, 9.17) is 9.72 Å². The quantitative estimate of drug-likeness (QED) is 0.273. The smallest absolute Gasteiger partial charge is 0.243 e. The SMILES string of the molecule is CCN(CC)S(=O)(=O)c1ccc2c(c1)nc(SCC(=O)Nc1ccc(C(=O)[O-])cc1)n2-c1ccccc1OC. The predicted molar refractivity (Wildman–Crippen MR) is 148 cm³/mol. The molecule has 12 heteroatoms. The number of nitrogens with zero attached hydrogens (tertiary/aromatic N) is 3. The molecule has 0 spiro atoms. The third kappa shape index (κ3) is 5.92. The number of hydrogen-bond acceptors (Lipinski definition) is 8. The number of thioether (sulfide) groups is 1. The molecule has 1 N–H and O–H groups in total. The molecular formula is C27H27N4O6S2-. The average Bonchev–Trinajstić information content (AvgIpc) is 3.30. The summed E-state index contributed by atoms with van der Waals surface area (Å²) in [4.78, 5) is 28.5. The van der Waals surface area contributed by atoms with E-state index in [1.807, 2.05) is 22.8 Å². The van der Waals surface area contributed by atoms with Crippen LogP contribution in [0, 0.1) is 0 Å². The zero-order valence-corrected chi connectivity index (χ0v) is 23.2. The van der Waals surface area contributed by atoms with Crippen molar-refractivity contribution in [3.63, 3.8) is 0 Å². The second-order valence-corrected chi connectivity index (χ2v) is 11.2.